The molecule has 0 radical (unpaired) electrons. The molecule has 170 valence electrons. The first kappa shape index (κ1) is 23.2. The second kappa shape index (κ2) is 10.3. The van der Waals surface area contributed by atoms with Crippen LogP contribution in [0.3, 0.4) is 0 Å². The van der Waals surface area contributed by atoms with E-state index in [-0.39, 0.29) is 22.7 Å². The van der Waals surface area contributed by atoms with Crippen LogP contribution in [0.25, 0.3) is 0 Å². The number of thioether (sulfide) groups is 1. The summed E-state index contributed by atoms with van der Waals surface area (Å²) in [5, 5.41) is 7.86. The third-order valence-electron chi connectivity index (χ3n) is 6.83. The third-order valence-corrected chi connectivity index (χ3v) is 8.99. The van der Waals surface area contributed by atoms with Crippen LogP contribution in [-0.4, -0.2) is 53.0 Å². The topological polar surface area (TPSA) is 61.4 Å². The maximum Gasteiger partial charge on any atom is 0.238 e. The Morgan fingerprint density at radius 2 is 1.90 bits per heavy atom. The summed E-state index contributed by atoms with van der Waals surface area (Å²) in [6, 6.07) is 5.25. The molecule has 1 aromatic rings. The first-order chi connectivity index (χ1) is 15.0. The largest absolute Gasteiger partial charge is 0.354 e. The van der Waals surface area contributed by atoms with Gasteiger partial charge in [0.2, 0.25) is 11.8 Å². The number of piperidine rings is 1. The van der Waals surface area contributed by atoms with Gasteiger partial charge in [0.25, 0.3) is 0 Å². The van der Waals surface area contributed by atoms with Crippen molar-refractivity contribution in [1.82, 2.24) is 15.5 Å². The number of amides is 2. The monoisotopic (exact) mass is 483 g/mol. The fourth-order valence-corrected chi connectivity index (χ4v) is 6.86. The Bertz CT molecular complexity index is 808. The maximum absolute atomic E-state index is 12.8. The molecule has 0 aromatic heterocycles. The van der Waals surface area contributed by atoms with E-state index in [1.165, 1.54) is 19.3 Å². The number of carbonyl (C=O) groups excluding carboxylic acids is 2. The van der Waals surface area contributed by atoms with E-state index in [1.807, 2.05) is 23.9 Å². The summed E-state index contributed by atoms with van der Waals surface area (Å²) in [5.74, 6) is 1.40. The van der Waals surface area contributed by atoms with Crippen molar-refractivity contribution >= 4 is 46.8 Å². The molecule has 3 aliphatic rings. The van der Waals surface area contributed by atoms with Gasteiger partial charge < -0.3 is 10.2 Å². The molecule has 1 aromatic carbocycles. The smallest absolute Gasteiger partial charge is 0.238 e. The lowest BCUT2D eigenvalue weighted by atomic mass is 9.87. The van der Waals surface area contributed by atoms with Crippen molar-refractivity contribution in [3.63, 3.8) is 0 Å². The molecule has 2 saturated heterocycles. The molecule has 0 bridgehead atoms. The number of nitrogens with one attached hydrogen (secondary N) is 2. The first-order valence-electron chi connectivity index (χ1n) is 11.4. The molecule has 31 heavy (non-hydrogen) atoms. The Hall–Kier alpha value is -0.950. The number of benzene rings is 1. The minimum Gasteiger partial charge on any atom is -0.354 e. The highest BCUT2D eigenvalue weighted by Gasteiger charge is 2.44. The molecule has 4 rings (SSSR count). The van der Waals surface area contributed by atoms with Gasteiger partial charge in [-0.25, -0.2) is 0 Å². The molecule has 1 aliphatic carbocycles. The van der Waals surface area contributed by atoms with Crippen LogP contribution in [0.15, 0.2) is 18.2 Å². The van der Waals surface area contributed by atoms with Crippen LogP contribution in [0.1, 0.15) is 50.5 Å². The van der Waals surface area contributed by atoms with Crippen LogP contribution in [-0.2, 0) is 16.0 Å². The zero-order valence-electron chi connectivity index (χ0n) is 17.8. The van der Waals surface area contributed by atoms with Gasteiger partial charge in [0.15, 0.2) is 0 Å². The molecule has 1 saturated carbocycles. The van der Waals surface area contributed by atoms with E-state index in [0.717, 1.165) is 50.1 Å². The molecule has 3 fully saturated rings. The normalized spacial score (nSPS) is 23.8. The standard InChI is InChI=1S/C23H31Cl2N3O2S/c24-18-7-6-16(19(25)14-18)8-11-26-21(29)20-15-31-23(27-20)9-12-28(13-10-23)22(30)17-4-2-1-3-5-17/h6-7,14,17,20,27H,1-5,8-13,15H2,(H,26,29). The van der Waals surface area contributed by atoms with Crippen molar-refractivity contribution in [3.05, 3.63) is 33.8 Å². The highest BCUT2D eigenvalue weighted by molar-refractivity contribution is 8.01. The Labute approximate surface area is 199 Å². The van der Waals surface area contributed by atoms with Gasteiger partial charge in [0.1, 0.15) is 0 Å². The average molecular weight is 484 g/mol. The van der Waals surface area contributed by atoms with Crippen molar-refractivity contribution in [1.29, 1.82) is 0 Å². The van der Waals surface area contributed by atoms with Crippen molar-refractivity contribution in [3.8, 4) is 0 Å². The second-order valence-electron chi connectivity index (χ2n) is 8.94. The predicted molar refractivity (Wildman–Crippen MR) is 128 cm³/mol. The van der Waals surface area contributed by atoms with Crippen molar-refractivity contribution in [2.45, 2.75) is 62.3 Å². The molecule has 1 atom stereocenters. The SMILES string of the molecule is O=C(NCCc1ccc(Cl)cc1Cl)C1CSC2(CCN(C(=O)C3CCCCC3)CC2)N1. The Morgan fingerprint density at radius 3 is 2.61 bits per heavy atom. The van der Waals surface area contributed by atoms with Gasteiger partial charge in [-0.2, -0.15) is 0 Å². The molecule has 5 nitrogen and oxygen atoms in total. The van der Waals surface area contributed by atoms with E-state index in [0.29, 0.717) is 28.9 Å². The Kier molecular flexibility index (Phi) is 7.73. The molecular formula is C23H31Cl2N3O2S. The van der Waals surface area contributed by atoms with Gasteiger partial charge in [-0.15, -0.1) is 11.8 Å². The summed E-state index contributed by atoms with van der Waals surface area (Å²) in [4.78, 5) is 27.5. The van der Waals surface area contributed by atoms with E-state index in [1.54, 1.807) is 6.07 Å². The van der Waals surface area contributed by atoms with E-state index in [9.17, 15) is 9.59 Å². The predicted octanol–water partition coefficient (Wildman–Crippen LogP) is 4.26. The van der Waals surface area contributed by atoms with Gasteiger partial charge in [-0.3, -0.25) is 14.9 Å². The minimum absolute atomic E-state index is 0.0372. The number of hydrogen-bond donors (Lipinski definition) is 2. The highest BCUT2D eigenvalue weighted by Crippen LogP contribution is 2.40. The summed E-state index contributed by atoms with van der Waals surface area (Å²) < 4.78 is 0. The third kappa shape index (κ3) is 5.70. The van der Waals surface area contributed by atoms with Crippen LogP contribution < -0.4 is 10.6 Å². The molecule has 2 N–H and O–H groups in total. The Balaban J connectivity index is 1.21. The number of likely N-dealkylation sites (tertiary alicyclic amines) is 1. The molecule has 1 spiro atoms. The second-order valence-corrected chi connectivity index (χ2v) is 11.2. The summed E-state index contributed by atoms with van der Waals surface area (Å²) in [6.45, 7) is 2.12. The van der Waals surface area contributed by atoms with Gasteiger partial charge in [0, 0.05) is 41.4 Å². The number of carbonyl (C=O) groups is 2. The lowest BCUT2D eigenvalue weighted by Gasteiger charge is -2.40. The minimum atomic E-state index is -0.189. The van der Waals surface area contributed by atoms with E-state index < -0.39 is 0 Å². The van der Waals surface area contributed by atoms with E-state index in [4.69, 9.17) is 23.2 Å². The highest BCUT2D eigenvalue weighted by atomic mass is 35.5. The van der Waals surface area contributed by atoms with Gasteiger partial charge in [-0.05, 0) is 49.8 Å². The Morgan fingerprint density at radius 1 is 1.16 bits per heavy atom. The summed E-state index contributed by atoms with van der Waals surface area (Å²) in [7, 11) is 0. The maximum atomic E-state index is 12.8. The number of hydrogen-bond acceptors (Lipinski definition) is 4. The van der Waals surface area contributed by atoms with E-state index in [2.05, 4.69) is 15.5 Å². The van der Waals surface area contributed by atoms with Crippen molar-refractivity contribution in [2.75, 3.05) is 25.4 Å². The quantitative estimate of drug-likeness (QED) is 0.656. The zero-order valence-corrected chi connectivity index (χ0v) is 20.1. The fourth-order valence-electron chi connectivity index (χ4n) is 4.94. The molecular weight excluding hydrogens is 453 g/mol. The summed E-state index contributed by atoms with van der Waals surface area (Å²) in [5.41, 5.74) is 0.978. The summed E-state index contributed by atoms with van der Waals surface area (Å²) in [6.07, 6.45) is 8.22. The first-order valence-corrected chi connectivity index (χ1v) is 13.1. The molecule has 2 aliphatic heterocycles. The van der Waals surface area contributed by atoms with Crippen LogP contribution in [0.5, 0.6) is 0 Å². The lowest BCUT2D eigenvalue weighted by Crippen LogP contribution is -2.55. The lowest BCUT2D eigenvalue weighted by molar-refractivity contribution is -0.138. The van der Waals surface area contributed by atoms with Crippen molar-refractivity contribution < 1.29 is 9.59 Å². The van der Waals surface area contributed by atoms with Crippen molar-refractivity contribution in [2.24, 2.45) is 5.92 Å². The van der Waals surface area contributed by atoms with Crippen LogP contribution in [0.4, 0.5) is 0 Å². The summed E-state index contributed by atoms with van der Waals surface area (Å²) >= 11 is 14.0. The van der Waals surface area contributed by atoms with E-state index >= 15 is 0 Å². The van der Waals surface area contributed by atoms with Gasteiger partial charge in [0.05, 0.1) is 10.9 Å². The molecule has 2 heterocycles. The molecule has 8 heteroatoms. The van der Waals surface area contributed by atoms with Crippen LogP contribution >= 0.6 is 35.0 Å². The number of nitrogens with zero attached hydrogens (tertiary/aromatic N) is 1. The number of halogens is 2. The van der Waals surface area contributed by atoms with Crippen LogP contribution in [0.2, 0.25) is 10.0 Å². The molecule has 1 unspecified atom stereocenters. The fraction of sp³-hybridized carbons (Fsp3) is 0.652. The number of rotatable bonds is 5. The zero-order chi connectivity index (χ0) is 21.8. The van der Waals surface area contributed by atoms with Crippen LogP contribution in [0, 0.1) is 5.92 Å². The average Bonchev–Trinajstić information content (AvgIpc) is 3.19. The molecule has 2 amide bonds. The van der Waals surface area contributed by atoms with Gasteiger partial charge in [-0.1, -0.05) is 48.5 Å². The van der Waals surface area contributed by atoms with Gasteiger partial charge >= 0.3 is 0 Å².